The monoisotopic (exact) mass is 372 g/mol. The molecule has 2 amide bonds. The maximum absolute atomic E-state index is 13.1. The fraction of sp³-hybridized carbons (Fsp3) is 0.636. The van der Waals surface area contributed by atoms with Crippen LogP contribution in [0.25, 0.3) is 0 Å². The van der Waals surface area contributed by atoms with Crippen molar-refractivity contribution in [1.29, 1.82) is 0 Å². The second-order valence-electron chi connectivity index (χ2n) is 8.04. The molecule has 148 valence electrons. The van der Waals surface area contributed by atoms with Crippen molar-refractivity contribution in [2.24, 2.45) is 11.3 Å². The molecule has 1 unspecified atom stereocenters. The highest BCUT2D eigenvalue weighted by atomic mass is 16.5. The molecule has 1 atom stereocenters. The summed E-state index contributed by atoms with van der Waals surface area (Å²) in [5.74, 6) is 1.06. The number of methoxy groups -OCH3 is 1. The summed E-state index contributed by atoms with van der Waals surface area (Å²) in [7, 11) is 1.64. The Morgan fingerprint density at radius 2 is 2.00 bits per heavy atom. The molecule has 2 aliphatic heterocycles. The van der Waals surface area contributed by atoms with Crippen molar-refractivity contribution in [3.8, 4) is 5.75 Å². The van der Waals surface area contributed by atoms with E-state index in [1.807, 2.05) is 29.2 Å². The number of rotatable bonds is 6. The lowest BCUT2D eigenvalue weighted by molar-refractivity contribution is -0.143. The van der Waals surface area contributed by atoms with Crippen LogP contribution in [0.4, 0.5) is 0 Å². The first-order valence-electron chi connectivity index (χ1n) is 10.2. The fourth-order valence-corrected chi connectivity index (χ4v) is 4.52. The standard InChI is InChI=1S/C22H32N2O3/c1-4-22(5-2)12-13-23(16-22)21(26)18-10-11-20(25)24(15-18)14-17-8-6-7-9-19(17)27-3/h6-9,18H,4-5,10-16H2,1-3H3. The Morgan fingerprint density at radius 3 is 2.67 bits per heavy atom. The van der Waals surface area contributed by atoms with E-state index in [-0.39, 0.29) is 23.1 Å². The normalized spacial score (nSPS) is 22.2. The molecule has 1 aromatic rings. The highest BCUT2D eigenvalue weighted by Gasteiger charge is 2.40. The van der Waals surface area contributed by atoms with Gasteiger partial charge >= 0.3 is 0 Å². The molecule has 3 rings (SSSR count). The van der Waals surface area contributed by atoms with Crippen LogP contribution in [0.1, 0.15) is 51.5 Å². The van der Waals surface area contributed by atoms with Crippen molar-refractivity contribution in [3.05, 3.63) is 29.8 Å². The third-order valence-corrected chi connectivity index (χ3v) is 6.65. The Labute approximate surface area is 162 Å². The maximum Gasteiger partial charge on any atom is 0.227 e. The fourth-order valence-electron chi connectivity index (χ4n) is 4.52. The number of para-hydroxylation sites is 1. The number of benzene rings is 1. The topological polar surface area (TPSA) is 49.9 Å². The molecule has 0 N–H and O–H groups in total. The van der Waals surface area contributed by atoms with E-state index in [1.54, 1.807) is 7.11 Å². The van der Waals surface area contributed by atoms with Gasteiger partial charge in [0.25, 0.3) is 0 Å². The summed E-state index contributed by atoms with van der Waals surface area (Å²) in [6.45, 7) is 7.20. The number of nitrogens with zero attached hydrogens (tertiary/aromatic N) is 2. The smallest absolute Gasteiger partial charge is 0.227 e. The Morgan fingerprint density at radius 1 is 1.26 bits per heavy atom. The molecular weight excluding hydrogens is 340 g/mol. The van der Waals surface area contributed by atoms with Crippen molar-refractivity contribution < 1.29 is 14.3 Å². The quantitative estimate of drug-likeness (QED) is 0.768. The van der Waals surface area contributed by atoms with E-state index in [4.69, 9.17) is 4.74 Å². The van der Waals surface area contributed by atoms with Crippen LogP contribution in [0.3, 0.4) is 0 Å². The molecule has 2 fully saturated rings. The molecule has 0 radical (unpaired) electrons. The number of carbonyl (C=O) groups excluding carboxylic acids is 2. The van der Waals surface area contributed by atoms with E-state index in [0.717, 1.165) is 43.7 Å². The summed E-state index contributed by atoms with van der Waals surface area (Å²) in [6, 6.07) is 7.77. The predicted molar refractivity (Wildman–Crippen MR) is 105 cm³/mol. The average molecular weight is 373 g/mol. The SMILES string of the molecule is CCC1(CC)CCN(C(=O)C2CCC(=O)N(Cc3ccccc3OC)C2)C1. The van der Waals surface area contributed by atoms with E-state index < -0.39 is 0 Å². The third-order valence-electron chi connectivity index (χ3n) is 6.65. The van der Waals surface area contributed by atoms with Gasteiger partial charge in [-0.05, 0) is 37.2 Å². The molecule has 2 heterocycles. The zero-order chi connectivity index (χ0) is 19.4. The number of piperidine rings is 1. The first kappa shape index (κ1) is 19.7. The van der Waals surface area contributed by atoms with Crippen LogP contribution in [0.5, 0.6) is 5.75 Å². The van der Waals surface area contributed by atoms with Gasteiger partial charge in [0.1, 0.15) is 5.75 Å². The van der Waals surface area contributed by atoms with E-state index in [2.05, 4.69) is 18.7 Å². The van der Waals surface area contributed by atoms with Crippen molar-refractivity contribution in [3.63, 3.8) is 0 Å². The third kappa shape index (κ3) is 4.12. The highest BCUT2D eigenvalue weighted by Crippen LogP contribution is 2.38. The maximum atomic E-state index is 13.1. The Balaban J connectivity index is 1.66. The van der Waals surface area contributed by atoms with Crippen molar-refractivity contribution in [2.45, 2.75) is 52.5 Å². The van der Waals surface area contributed by atoms with Crippen LogP contribution in [-0.2, 0) is 16.1 Å². The van der Waals surface area contributed by atoms with Gasteiger partial charge in [0.15, 0.2) is 0 Å². The average Bonchev–Trinajstić information content (AvgIpc) is 3.15. The lowest BCUT2D eigenvalue weighted by atomic mass is 9.82. The van der Waals surface area contributed by atoms with Gasteiger partial charge in [0.05, 0.1) is 13.0 Å². The van der Waals surface area contributed by atoms with Crippen LogP contribution in [-0.4, -0.2) is 48.4 Å². The van der Waals surface area contributed by atoms with Gasteiger partial charge in [0, 0.05) is 38.2 Å². The second-order valence-corrected chi connectivity index (χ2v) is 8.04. The molecule has 0 saturated carbocycles. The summed E-state index contributed by atoms with van der Waals surface area (Å²) in [5, 5.41) is 0. The Hall–Kier alpha value is -2.04. The van der Waals surface area contributed by atoms with Crippen molar-refractivity contribution >= 4 is 11.8 Å². The van der Waals surface area contributed by atoms with Gasteiger partial charge in [-0.1, -0.05) is 32.0 Å². The van der Waals surface area contributed by atoms with E-state index in [9.17, 15) is 9.59 Å². The van der Waals surface area contributed by atoms with E-state index in [0.29, 0.717) is 25.9 Å². The van der Waals surface area contributed by atoms with Gasteiger partial charge in [-0.25, -0.2) is 0 Å². The lowest BCUT2D eigenvalue weighted by Crippen LogP contribution is -2.46. The van der Waals surface area contributed by atoms with Gasteiger partial charge in [-0.2, -0.15) is 0 Å². The second kappa shape index (κ2) is 8.32. The van der Waals surface area contributed by atoms with Crippen molar-refractivity contribution in [1.82, 2.24) is 9.80 Å². The number of carbonyl (C=O) groups is 2. The molecule has 0 spiro atoms. The molecule has 2 saturated heterocycles. The summed E-state index contributed by atoms with van der Waals surface area (Å²) in [5.41, 5.74) is 1.27. The summed E-state index contributed by atoms with van der Waals surface area (Å²) < 4.78 is 5.41. The molecule has 0 aliphatic carbocycles. The molecule has 1 aromatic carbocycles. The van der Waals surface area contributed by atoms with Gasteiger partial charge in [0.2, 0.25) is 11.8 Å². The number of ether oxygens (including phenoxy) is 1. The Bertz CT molecular complexity index is 684. The summed E-state index contributed by atoms with van der Waals surface area (Å²) in [6.07, 6.45) is 4.46. The van der Waals surface area contributed by atoms with Gasteiger partial charge in [-0.3, -0.25) is 9.59 Å². The number of likely N-dealkylation sites (tertiary alicyclic amines) is 2. The number of hydrogen-bond donors (Lipinski definition) is 0. The van der Waals surface area contributed by atoms with Crippen LogP contribution in [0.15, 0.2) is 24.3 Å². The zero-order valence-corrected chi connectivity index (χ0v) is 16.9. The molecule has 27 heavy (non-hydrogen) atoms. The molecule has 5 nitrogen and oxygen atoms in total. The molecule has 5 heteroatoms. The zero-order valence-electron chi connectivity index (χ0n) is 16.9. The van der Waals surface area contributed by atoms with Crippen LogP contribution in [0.2, 0.25) is 0 Å². The van der Waals surface area contributed by atoms with Crippen molar-refractivity contribution in [2.75, 3.05) is 26.7 Å². The van der Waals surface area contributed by atoms with Crippen LogP contribution in [0, 0.1) is 11.3 Å². The first-order chi connectivity index (χ1) is 13.0. The van der Waals surface area contributed by atoms with E-state index in [1.165, 1.54) is 0 Å². The predicted octanol–water partition coefficient (Wildman–Crippen LogP) is 3.47. The summed E-state index contributed by atoms with van der Waals surface area (Å²) >= 11 is 0. The van der Waals surface area contributed by atoms with Gasteiger partial charge < -0.3 is 14.5 Å². The van der Waals surface area contributed by atoms with Crippen LogP contribution < -0.4 is 4.74 Å². The minimum Gasteiger partial charge on any atom is -0.496 e. The number of amides is 2. The summed E-state index contributed by atoms with van der Waals surface area (Å²) in [4.78, 5) is 29.4. The molecule has 0 aromatic heterocycles. The molecule has 0 bridgehead atoms. The lowest BCUT2D eigenvalue weighted by Gasteiger charge is -2.34. The minimum atomic E-state index is -0.0816. The van der Waals surface area contributed by atoms with E-state index >= 15 is 0 Å². The highest BCUT2D eigenvalue weighted by molar-refractivity contribution is 5.84. The molecular formula is C22H32N2O3. The van der Waals surface area contributed by atoms with Gasteiger partial charge in [-0.15, -0.1) is 0 Å². The minimum absolute atomic E-state index is 0.0816. The largest absolute Gasteiger partial charge is 0.496 e. The Kier molecular flexibility index (Phi) is 6.08. The first-order valence-corrected chi connectivity index (χ1v) is 10.2. The van der Waals surface area contributed by atoms with Crippen LogP contribution >= 0.6 is 0 Å². The molecule has 2 aliphatic rings. The number of hydrogen-bond acceptors (Lipinski definition) is 3.